The highest BCUT2D eigenvalue weighted by molar-refractivity contribution is 9.10. The number of benzene rings is 1. The van der Waals surface area contributed by atoms with Crippen LogP contribution < -0.4 is 0 Å². The number of hydrogen-bond acceptors (Lipinski definition) is 2. The van der Waals surface area contributed by atoms with E-state index in [1.54, 1.807) is 23.1 Å². The largest absolute Gasteiger partial charge is 0.465 e. The lowest BCUT2D eigenvalue weighted by molar-refractivity contribution is 0.0625. The van der Waals surface area contributed by atoms with Crippen LogP contribution in [0.2, 0.25) is 5.02 Å². The minimum Gasteiger partial charge on any atom is -0.465 e. The van der Waals surface area contributed by atoms with Crippen LogP contribution in [-0.2, 0) is 0 Å². The Labute approximate surface area is 123 Å². The van der Waals surface area contributed by atoms with Gasteiger partial charge in [-0.2, -0.15) is 0 Å². The maximum absolute atomic E-state index is 12.2. The first-order valence-corrected chi connectivity index (χ1v) is 6.88. The summed E-state index contributed by atoms with van der Waals surface area (Å²) < 4.78 is 0.737. The van der Waals surface area contributed by atoms with Crippen molar-refractivity contribution >= 4 is 39.5 Å². The van der Waals surface area contributed by atoms with E-state index in [1.165, 1.54) is 4.90 Å². The van der Waals surface area contributed by atoms with Gasteiger partial charge >= 0.3 is 6.09 Å². The third-order valence-electron chi connectivity index (χ3n) is 3.00. The molecule has 19 heavy (non-hydrogen) atoms. The van der Waals surface area contributed by atoms with Crippen molar-refractivity contribution in [3.8, 4) is 0 Å². The SMILES string of the molecule is O=C(O)N1CCN(C(=O)c2ccc(Br)c(Cl)c2)CC1. The zero-order chi connectivity index (χ0) is 14.0. The molecule has 0 bridgehead atoms. The van der Waals surface area contributed by atoms with Crippen LogP contribution in [0.5, 0.6) is 0 Å². The van der Waals surface area contributed by atoms with Gasteiger partial charge in [0.05, 0.1) is 5.02 Å². The minimum absolute atomic E-state index is 0.126. The van der Waals surface area contributed by atoms with Crippen molar-refractivity contribution in [3.05, 3.63) is 33.3 Å². The molecule has 0 saturated carbocycles. The summed E-state index contributed by atoms with van der Waals surface area (Å²) in [7, 11) is 0. The highest BCUT2D eigenvalue weighted by Crippen LogP contribution is 2.24. The number of piperazine rings is 1. The Hall–Kier alpha value is -1.27. The number of amides is 2. The number of carbonyl (C=O) groups excluding carboxylic acids is 1. The molecule has 0 aromatic heterocycles. The van der Waals surface area contributed by atoms with Gasteiger partial charge in [-0.1, -0.05) is 11.6 Å². The molecule has 1 aromatic rings. The Morgan fingerprint density at radius 1 is 1.16 bits per heavy atom. The second kappa shape index (κ2) is 5.79. The normalized spacial score (nSPS) is 15.5. The fourth-order valence-electron chi connectivity index (χ4n) is 1.91. The minimum atomic E-state index is -0.946. The van der Waals surface area contributed by atoms with E-state index in [1.807, 2.05) is 0 Å². The van der Waals surface area contributed by atoms with E-state index in [0.29, 0.717) is 36.8 Å². The summed E-state index contributed by atoms with van der Waals surface area (Å²) >= 11 is 9.23. The van der Waals surface area contributed by atoms with E-state index in [9.17, 15) is 9.59 Å². The van der Waals surface area contributed by atoms with Gasteiger partial charge in [-0.05, 0) is 34.1 Å². The Balaban J connectivity index is 2.05. The van der Waals surface area contributed by atoms with Gasteiger partial charge in [0.1, 0.15) is 0 Å². The summed E-state index contributed by atoms with van der Waals surface area (Å²) in [4.78, 5) is 26.0. The predicted molar refractivity (Wildman–Crippen MR) is 74.7 cm³/mol. The van der Waals surface area contributed by atoms with Gasteiger partial charge in [-0.25, -0.2) is 4.79 Å². The van der Waals surface area contributed by atoms with E-state index in [4.69, 9.17) is 16.7 Å². The highest BCUT2D eigenvalue weighted by atomic mass is 79.9. The first-order valence-electron chi connectivity index (χ1n) is 5.71. The zero-order valence-electron chi connectivity index (χ0n) is 9.97. The van der Waals surface area contributed by atoms with Gasteiger partial charge in [0, 0.05) is 36.2 Å². The summed E-state index contributed by atoms with van der Waals surface area (Å²) in [6.07, 6.45) is -0.946. The number of nitrogens with zero attached hydrogens (tertiary/aromatic N) is 2. The summed E-state index contributed by atoms with van der Waals surface area (Å²) in [5.41, 5.74) is 0.511. The molecule has 0 unspecified atom stereocenters. The van der Waals surface area contributed by atoms with Crippen molar-refractivity contribution < 1.29 is 14.7 Å². The predicted octanol–water partition coefficient (Wildman–Crippen LogP) is 2.54. The van der Waals surface area contributed by atoms with E-state index in [2.05, 4.69) is 15.9 Å². The Bertz CT molecular complexity index is 516. The zero-order valence-corrected chi connectivity index (χ0v) is 12.3. The summed E-state index contributed by atoms with van der Waals surface area (Å²) in [5.74, 6) is -0.126. The van der Waals surface area contributed by atoms with Gasteiger partial charge < -0.3 is 14.9 Å². The van der Waals surface area contributed by atoms with Gasteiger partial charge in [-0.3, -0.25) is 4.79 Å². The molecule has 1 aliphatic rings. The third-order valence-corrected chi connectivity index (χ3v) is 4.24. The van der Waals surface area contributed by atoms with Crippen molar-refractivity contribution in [1.29, 1.82) is 0 Å². The topological polar surface area (TPSA) is 60.9 Å². The second-order valence-corrected chi connectivity index (χ2v) is 5.45. The molecule has 5 nitrogen and oxygen atoms in total. The van der Waals surface area contributed by atoms with Crippen LogP contribution in [0.3, 0.4) is 0 Å². The Morgan fingerprint density at radius 3 is 2.26 bits per heavy atom. The maximum atomic E-state index is 12.2. The lowest BCUT2D eigenvalue weighted by atomic mass is 10.2. The van der Waals surface area contributed by atoms with Crippen LogP contribution in [0.25, 0.3) is 0 Å². The number of carbonyl (C=O) groups is 2. The molecule has 7 heteroatoms. The lowest BCUT2D eigenvalue weighted by Gasteiger charge is -2.33. The monoisotopic (exact) mass is 346 g/mol. The van der Waals surface area contributed by atoms with Crippen molar-refractivity contribution in [2.45, 2.75) is 0 Å². The van der Waals surface area contributed by atoms with E-state index >= 15 is 0 Å². The molecule has 2 rings (SSSR count). The average molecular weight is 348 g/mol. The molecule has 0 atom stereocenters. The number of rotatable bonds is 1. The van der Waals surface area contributed by atoms with Crippen molar-refractivity contribution in [1.82, 2.24) is 9.80 Å². The highest BCUT2D eigenvalue weighted by Gasteiger charge is 2.24. The van der Waals surface area contributed by atoms with Crippen molar-refractivity contribution in [3.63, 3.8) is 0 Å². The second-order valence-electron chi connectivity index (χ2n) is 4.19. The molecule has 1 aromatic carbocycles. The van der Waals surface area contributed by atoms with Gasteiger partial charge in [-0.15, -0.1) is 0 Å². The average Bonchev–Trinajstić information content (AvgIpc) is 2.41. The van der Waals surface area contributed by atoms with Crippen LogP contribution in [0.15, 0.2) is 22.7 Å². The Morgan fingerprint density at radius 2 is 1.74 bits per heavy atom. The summed E-state index contributed by atoms with van der Waals surface area (Å²) in [6, 6.07) is 5.03. The summed E-state index contributed by atoms with van der Waals surface area (Å²) in [5, 5.41) is 9.33. The first-order chi connectivity index (χ1) is 8.99. The molecular formula is C12H12BrClN2O3. The standard InChI is InChI=1S/C12H12BrClN2O3/c13-9-2-1-8(7-10(9)14)11(17)15-3-5-16(6-4-15)12(18)19/h1-2,7H,3-6H2,(H,18,19). The van der Waals surface area contributed by atoms with Crippen molar-refractivity contribution in [2.24, 2.45) is 0 Å². The van der Waals surface area contributed by atoms with Gasteiger partial charge in [0.2, 0.25) is 0 Å². The quantitative estimate of drug-likeness (QED) is 0.849. The van der Waals surface area contributed by atoms with E-state index in [0.717, 1.165) is 4.47 Å². The third kappa shape index (κ3) is 3.19. The molecule has 102 valence electrons. The fraction of sp³-hybridized carbons (Fsp3) is 0.333. The molecule has 0 radical (unpaired) electrons. The Kier molecular flexibility index (Phi) is 4.31. The van der Waals surface area contributed by atoms with Crippen LogP contribution in [0.1, 0.15) is 10.4 Å². The molecule has 1 fully saturated rings. The molecular weight excluding hydrogens is 336 g/mol. The molecule has 2 amide bonds. The van der Waals surface area contributed by atoms with Crippen LogP contribution in [0.4, 0.5) is 4.79 Å². The molecule has 1 saturated heterocycles. The molecule has 1 N–H and O–H groups in total. The van der Waals surface area contributed by atoms with Crippen molar-refractivity contribution in [2.75, 3.05) is 26.2 Å². The van der Waals surface area contributed by atoms with Gasteiger partial charge in [0.25, 0.3) is 5.91 Å². The number of carboxylic acid groups (broad SMARTS) is 1. The van der Waals surface area contributed by atoms with Crippen LogP contribution in [0, 0.1) is 0 Å². The fourth-order valence-corrected chi connectivity index (χ4v) is 2.34. The molecule has 1 aliphatic heterocycles. The van der Waals surface area contributed by atoms with Gasteiger partial charge in [0.15, 0.2) is 0 Å². The van der Waals surface area contributed by atoms with E-state index < -0.39 is 6.09 Å². The lowest BCUT2D eigenvalue weighted by Crippen LogP contribution is -2.50. The maximum Gasteiger partial charge on any atom is 0.407 e. The van der Waals surface area contributed by atoms with Crippen LogP contribution in [-0.4, -0.2) is 53.1 Å². The number of hydrogen-bond donors (Lipinski definition) is 1. The van der Waals surface area contributed by atoms with Crippen LogP contribution >= 0.6 is 27.5 Å². The smallest absolute Gasteiger partial charge is 0.407 e. The van der Waals surface area contributed by atoms with E-state index in [-0.39, 0.29) is 5.91 Å². The summed E-state index contributed by atoms with van der Waals surface area (Å²) in [6.45, 7) is 1.48. The first kappa shape index (κ1) is 14.1. The molecule has 0 spiro atoms. The molecule has 1 heterocycles. The molecule has 0 aliphatic carbocycles. The number of halogens is 2.